The molecular weight excluding hydrogens is 289 g/mol. The lowest BCUT2D eigenvalue weighted by Gasteiger charge is -2.18. The Morgan fingerprint density at radius 1 is 1.48 bits per heavy atom. The molecule has 9 heteroatoms. The number of aromatic nitrogens is 2. The van der Waals surface area contributed by atoms with E-state index < -0.39 is 12.7 Å². The van der Waals surface area contributed by atoms with E-state index >= 15 is 0 Å². The molecule has 0 radical (unpaired) electrons. The van der Waals surface area contributed by atoms with Crippen molar-refractivity contribution in [2.24, 2.45) is 0 Å². The van der Waals surface area contributed by atoms with Gasteiger partial charge in [0.05, 0.1) is 31.6 Å². The molecule has 1 aromatic rings. The van der Waals surface area contributed by atoms with Crippen LogP contribution in [0.1, 0.15) is 0 Å². The van der Waals surface area contributed by atoms with Crippen molar-refractivity contribution in [3.8, 4) is 0 Å². The number of halogens is 3. The second kappa shape index (κ2) is 7.99. The van der Waals surface area contributed by atoms with Gasteiger partial charge < -0.3 is 15.0 Å². The van der Waals surface area contributed by atoms with Crippen LogP contribution in [-0.4, -0.2) is 56.4 Å². The van der Waals surface area contributed by atoms with E-state index in [1.54, 1.807) is 14.2 Å². The number of nitrogens with zero attached hydrogens (tertiary/aromatic N) is 3. The largest absolute Gasteiger partial charge is 0.401 e. The number of alkyl halides is 3. The zero-order valence-corrected chi connectivity index (χ0v) is 12.0. The highest BCUT2D eigenvalue weighted by Crippen LogP contribution is 2.11. The monoisotopic (exact) mass is 308 g/mol. The quantitative estimate of drug-likeness (QED) is 0.708. The van der Waals surface area contributed by atoms with E-state index in [1.807, 2.05) is 4.90 Å². The molecular formula is C12H19F3N4O2. The molecule has 0 unspecified atom stereocenters. The molecule has 0 saturated carbocycles. The fourth-order valence-corrected chi connectivity index (χ4v) is 1.57. The highest BCUT2D eigenvalue weighted by molar-refractivity contribution is 5.41. The lowest BCUT2D eigenvalue weighted by Crippen LogP contribution is -2.34. The summed E-state index contributed by atoms with van der Waals surface area (Å²) in [6.45, 7) is 0.136. The van der Waals surface area contributed by atoms with Gasteiger partial charge in [0.15, 0.2) is 0 Å². The number of hydrogen-bond donors (Lipinski definition) is 1. The first-order valence-corrected chi connectivity index (χ1v) is 6.38. The summed E-state index contributed by atoms with van der Waals surface area (Å²) >= 11 is 0. The molecule has 0 aliphatic rings. The summed E-state index contributed by atoms with van der Waals surface area (Å²) in [6.07, 6.45) is -2.76. The van der Waals surface area contributed by atoms with Gasteiger partial charge in [0, 0.05) is 33.3 Å². The van der Waals surface area contributed by atoms with Gasteiger partial charge in [0.1, 0.15) is 0 Å². The smallest absolute Gasteiger partial charge is 0.383 e. The number of methoxy groups -OCH3 is 1. The molecule has 0 fully saturated rings. The van der Waals surface area contributed by atoms with Crippen molar-refractivity contribution in [2.45, 2.75) is 12.7 Å². The predicted octanol–water partition coefficient (Wildman–Crippen LogP) is 0.478. The molecule has 120 valence electrons. The minimum Gasteiger partial charge on any atom is -0.383 e. The van der Waals surface area contributed by atoms with Crippen LogP contribution in [0.3, 0.4) is 0 Å². The molecule has 1 heterocycles. The van der Waals surface area contributed by atoms with Gasteiger partial charge in [-0.3, -0.25) is 4.79 Å². The van der Waals surface area contributed by atoms with E-state index in [1.165, 1.54) is 12.3 Å². The number of ether oxygens (including phenoxy) is 1. The van der Waals surface area contributed by atoms with Gasteiger partial charge in [-0.2, -0.15) is 18.3 Å². The van der Waals surface area contributed by atoms with Gasteiger partial charge in [0.25, 0.3) is 5.56 Å². The van der Waals surface area contributed by atoms with E-state index in [9.17, 15) is 18.0 Å². The van der Waals surface area contributed by atoms with Crippen LogP contribution in [0.4, 0.5) is 18.9 Å². The van der Waals surface area contributed by atoms with E-state index in [0.717, 1.165) is 4.68 Å². The number of hydrogen-bond acceptors (Lipinski definition) is 5. The van der Waals surface area contributed by atoms with Gasteiger partial charge in [0.2, 0.25) is 0 Å². The SMILES string of the molecule is COCCN(C)c1cnn(CCNCC(F)(F)F)c(=O)c1. The maximum Gasteiger partial charge on any atom is 0.401 e. The fraction of sp³-hybridized carbons (Fsp3) is 0.667. The summed E-state index contributed by atoms with van der Waals surface area (Å²) in [5.74, 6) is 0. The van der Waals surface area contributed by atoms with Crippen LogP contribution >= 0.6 is 0 Å². The summed E-state index contributed by atoms with van der Waals surface area (Å²) in [7, 11) is 3.38. The average Bonchev–Trinajstić information content (AvgIpc) is 2.41. The van der Waals surface area contributed by atoms with E-state index in [0.29, 0.717) is 18.8 Å². The molecule has 0 aliphatic heterocycles. The van der Waals surface area contributed by atoms with Crippen LogP contribution in [0.5, 0.6) is 0 Å². The van der Waals surface area contributed by atoms with Crippen LogP contribution < -0.4 is 15.8 Å². The average molecular weight is 308 g/mol. The second-order valence-corrected chi connectivity index (χ2v) is 4.48. The molecule has 0 amide bonds. The molecule has 0 saturated heterocycles. The number of nitrogens with one attached hydrogen (secondary N) is 1. The third-order valence-corrected chi connectivity index (χ3v) is 2.75. The van der Waals surface area contributed by atoms with Crippen molar-refractivity contribution >= 4 is 5.69 Å². The lowest BCUT2D eigenvalue weighted by molar-refractivity contribution is -0.124. The Bertz CT molecular complexity index is 490. The van der Waals surface area contributed by atoms with Crippen molar-refractivity contribution in [1.82, 2.24) is 15.1 Å². The first-order chi connectivity index (χ1) is 9.83. The molecule has 1 rings (SSSR count). The third-order valence-electron chi connectivity index (χ3n) is 2.75. The molecule has 1 aromatic heterocycles. The molecule has 21 heavy (non-hydrogen) atoms. The van der Waals surface area contributed by atoms with Gasteiger partial charge in [-0.1, -0.05) is 0 Å². The molecule has 0 aromatic carbocycles. The van der Waals surface area contributed by atoms with Crippen molar-refractivity contribution < 1.29 is 17.9 Å². The highest BCUT2D eigenvalue weighted by atomic mass is 19.4. The van der Waals surface area contributed by atoms with E-state index in [2.05, 4.69) is 10.4 Å². The van der Waals surface area contributed by atoms with Gasteiger partial charge >= 0.3 is 6.18 Å². The molecule has 0 atom stereocenters. The zero-order chi connectivity index (χ0) is 15.9. The molecule has 1 N–H and O–H groups in total. The third kappa shape index (κ3) is 6.58. The number of likely N-dealkylation sites (N-methyl/N-ethyl adjacent to an activating group) is 1. The first kappa shape index (κ1) is 17.4. The maximum absolute atomic E-state index is 11.9. The Balaban J connectivity index is 2.52. The van der Waals surface area contributed by atoms with Crippen LogP contribution in [0.15, 0.2) is 17.1 Å². The van der Waals surface area contributed by atoms with Crippen molar-refractivity contribution in [3.05, 3.63) is 22.6 Å². The molecule has 6 nitrogen and oxygen atoms in total. The Hall–Kier alpha value is -1.61. The Morgan fingerprint density at radius 3 is 2.76 bits per heavy atom. The maximum atomic E-state index is 11.9. The summed E-state index contributed by atoms with van der Waals surface area (Å²) in [4.78, 5) is 13.6. The summed E-state index contributed by atoms with van der Waals surface area (Å²) in [6, 6.07) is 1.40. The van der Waals surface area contributed by atoms with Gasteiger partial charge in [-0.05, 0) is 0 Å². The van der Waals surface area contributed by atoms with Gasteiger partial charge in [-0.25, -0.2) is 4.68 Å². The predicted molar refractivity (Wildman–Crippen MR) is 72.6 cm³/mol. The summed E-state index contributed by atoms with van der Waals surface area (Å²) in [5, 5.41) is 6.16. The standard InChI is InChI=1S/C12H19F3N4O2/c1-18(5-6-21-2)10-7-11(20)19(17-8-10)4-3-16-9-12(13,14)15/h7-8,16H,3-6,9H2,1-2H3. The molecule has 0 spiro atoms. The minimum atomic E-state index is -4.26. The van der Waals surface area contributed by atoms with Crippen molar-refractivity contribution in [2.75, 3.05) is 45.3 Å². The van der Waals surface area contributed by atoms with Crippen molar-refractivity contribution in [3.63, 3.8) is 0 Å². The van der Waals surface area contributed by atoms with Crippen LogP contribution in [-0.2, 0) is 11.3 Å². The second-order valence-electron chi connectivity index (χ2n) is 4.48. The fourth-order valence-electron chi connectivity index (χ4n) is 1.57. The van der Waals surface area contributed by atoms with E-state index in [4.69, 9.17) is 4.74 Å². The Kier molecular flexibility index (Phi) is 6.63. The highest BCUT2D eigenvalue weighted by Gasteiger charge is 2.25. The Labute approximate surface area is 120 Å². The summed E-state index contributed by atoms with van der Waals surface area (Å²) < 4.78 is 41.9. The van der Waals surface area contributed by atoms with Crippen LogP contribution in [0.25, 0.3) is 0 Å². The van der Waals surface area contributed by atoms with Crippen LogP contribution in [0.2, 0.25) is 0 Å². The number of rotatable bonds is 8. The zero-order valence-electron chi connectivity index (χ0n) is 12.0. The lowest BCUT2D eigenvalue weighted by atomic mass is 10.4. The molecule has 0 bridgehead atoms. The van der Waals surface area contributed by atoms with Crippen LogP contribution in [0, 0.1) is 0 Å². The Morgan fingerprint density at radius 2 is 2.19 bits per heavy atom. The normalized spacial score (nSPS) is 11.7. The van der Waals surface area contributed by atoms with E-state index in [-0.39, 0.29) is 18.6 Å². The number of anilines is 1. The van der Waals surface area contributed by atoms with Gasteiger partial charge in [-0.15, -0.1) is 0 Å². The van der Waals surface area contributed by atoms with Crippen molar-refractivity contribution in [1.29, 1.82) is 0 Å². The first-order valence-electron chi connectivity index (χ1n) is 6.38. The molecule has 0 aliphatic carbocycles. The summed E-state index contributed by atoms with van der Waals surface area (Å²) in [5.41, 5.74) is 0.280. The topological polar surface area (TPSA) is 59.4 Å². The minimum absolute atomic E-state index is 0.0191.